The molecule has 0 bridgehead atoms. The van der Waals surface area contributed by atoms with Crippen molar-refractivity contribution < 1.29 is 4.52 Å². The summed E-state index contributed by atoms with van der Waals surface area (Å²) in [7, 11) is 0. The van der Waals surface area contributed by atoms with Crippen molar-refractivity contribution in [2.24, 2.45) is 0 Å². The fourth-order valence-corrected chi connectivity index (χ4v) is 1.42. The molecular weight excluding hydrogens is 232 g/mol. The molecule has 7 heteroatoms. The van der Waals surface area contributed by atoms with Crippen LogP contribution in [0.5, 0.6) is 0 Å². The summed E-state index contributed by atoms with van der Waals surface area (Å²) < 4.78 is 5.12. The molecule has 0 aliphatic heterocycles. The third-order valence-corrected chi connectivity index (χ3v) is 2.20. The number of nitrogens with two attached hydrogens (primary N) is 1. The lowest BCUT2D eigenvalue weighted by Gasteiger charge is -1.94. The lowest BCUT2D eigenvalue weighted by atomic mass is 10.2. The first kappa shape index (κ1) is 10.3. The number of pyridine rings is 1. The van der Waals surface area contributed by atoms with Gasteiger partial charge in [-0.2, -0.15) is 4.98 Å². The average Bonchev–Trinajstić information content (AvgIpc) is 2.89. The molecule has 0 spiro atoms. The van der Waals surface area contributed by atoms with E-state index in [0.29, 0.717) is 28.8 Å². The first-order valence-corrected chi connectivity index (χ1v) is 5.15. The number of rotatable bonds is 2. The Morgan fingerprint density at radius 2 is 1.89 bits per heavy atom. The van der Waals surface area contributed by atoms with Crippen LogP contribution in [-0.4, -0.2) is 25.1 Å². The average molecular weight is 240 g/mol. The molecule has 0 atom stereocenters. The predicted octanol–water partition coefficient (Wildman–Crippen LogP) is 1.17. The largest absolute Gasteiger partial charge is 0.397 e. The normalized spacial score (nSPS) is 10.4. The molecule has 0 saturated carbocycles. The Morgan fingerprint density at radius 3 is 2.67 bits per heavy atom. The highest BCUT2D eigenvalue weighted by molar-refractivity contribution is 5.59. The monoisotopic (exact) mass is 240 g/mol. The molecule has 0 amide bonds. The molecule has 0 fully saturated rings. The van der Waals surface area contributed by atoms with Crippen LogP contribution < -0.4 is 5.73 Å². The van der Waals surface area contributed by atoms with Gasteiger partial charge in [0.1, 0.15) is 0 Å². The molecule has 3 aromatic heterocycles. The van der Waals surface area contributed by atoms with Crippen molar-refractivity contribution in [3.8, 4) is 23.1 Å². The molecule has 2 N–H and O–H groups in total. The summed E-state index contributed by atoms with van der Waals surface area (Å²) in [5.41, 5.74) is 6.82. The van der Waals surface area contributed by atoms with Crippen molar-refractivity contribution in [2.45, 2.75) is 0 Å². The molecule has 0 aliphatic carbocycles. The second-order valence-electron chi connectivity index (χ2n) is 3.50. The minimum Gasteiger partial charge on any atom is -0.397 e. The topological polar surface area (TPSA) is 104 Å². The number of nitrogens with zero attached hydrogens (tertiary/aromatic N) is 5. The third kappa shape index (κ3) is 1.88. The van der Waals surface area contributed by atoms with E-state index in [4.69, 9.17) is 10.3 Å². The standard InChI is InChI=1S/C11H8N6O/c12-8-4-7(5-13-6-8)11-16-10(17-18-11)9-14-2-1-3-15-9/h1-6H,12H2. The summed E-state index contributed by atoms with van der Waals surface area (Å²) in [6.45, 7) is 0. The van der Waals surface area contributed by atoms with E-state index < -0.39 is 0 Å². The molecule has 3 aromatic rings. The fraction of sp³-hybridized carbons (Fsp3) is 0. The Balaban J connectivity index is 2.00. The van der Waals surface area contributed by atoms with Crippen molar-refractivity contribution in [2.75, 3.05) is 5.73 Å². The van der Waals surface area contributed by atoms with Gasteiger partial charge in [0.15, 0.2) is 0 Å². The molecule has 0 saturated heterocycles. The van der Waals surface area contributed by atoms with Gasteiger partial charge >= 0.3 is 0 Å². The molecule has 7 nitrogen and oxygen atoms in total. The van der Waals surface area contributed by atoms with E-state index in [2.05, 4.69) is 25.1 Å². The number of hydrogen-bond acceptors (Lipinski definition) is 7. The van der Waals surface area contributed by atoms with Crippen LogP contribution in [0.2, 0.25) is 0 Å². The molecule has 0 radical (unpaired) electrons. The van der Waals surface area contributed by atoms with Gasteiger partial charge in [0, 0.05) is 24.8 Å². The smallest absolute Gasteiger partial charge is 0.259 e. The molecule has 18 heavy (non-hydrogen) atoms. The van der Waals surface area contributed by atoms with Crippen LogP contribution in [0.4, 0.5) is 5.69 Å². The number of aromatic nitrogens is 5. The molecule has 88 valence electrons. The Bertz CT molecular complexity index is 666. The molecule has 0 aliphatic rings. The van der Waals surface area contributed by atoms with E-state index in [1.165, 1.54) is 0 Å². The van der Waals surface area contributed by atoms with E-state index >= 15 is 0 Å². The Labute approximate surface area is 102 Å². The molecule has 0 aromatic carbocycles. The maximum absolute atomic E-state index is 5.64. The zero-order chi connectivity index (χ0) is 12.4. The van der Waals surface area contributed by atoms with Crippen LogP contribution in [0.1, 0.15) is 0 Å². The minimum absolute atomic E-state index is 0.327. The first-order valence-electron chi connectivity index (χ1n) is 5.15. The van der Waals surface area contributed by atoms with Crippen LogP contribution in [0, 0.1) is 0 Å². The zero-order valence-corrected chi connectivity index (χ0v) is 9.19. The van der Waals surface area contributed by atoms with Gasteiger partial charge in [0.2, 0.25) is 11.6 Å². The highest BCUT2D eigenvalue weighted by Crippen LogP contribution is 2.20. The third-order valence-electron chi connectivity index (χ3n) is 2.20. The van der Waals surface area contributed by atoms with Gasteiger partial charge in [0.25, 0.3) is 5.89 Å². The van der Waals surface area contributed by atoms with Gasteiger partial charge in [-0.1, -0.05) is 5.16 Å². The van der Waals surface area contributed by atoms with Crippen LogP contribution in [0.15, 0.2) is 41.4 Å². The van der Waals surface area contributed by atoms with Gasteiger partial charge in [-0.15, -0.1) is 0 Å². The lowest BCUT2D eigenvalue weighted by Crippen LogP contribution is -1.89. The fourth-order valence-electron chi connectivity index (χ4n) is 1.42. The van der Waals surface area contributed by atoms with Crippen LogP contribution in [0.3, 0.4) is 0 Å². The molecular formula is C11H8N6O. The van der Waals surface area contributed by atoms with E-state index in [1.54, 1.807) is 36.9 Å². The van der Waals surface area contributed by atoms with Crippen molar-refractivity contribution in [3.63, 3.8) is 0 Å². The quantitative estimate of drug-likeness (QED) is 0.716. The highest BCUT2D eigenvalue weighted by Gasteiger charge is 2.12. The number of nitrogen functional groups attached to an aromatic ring is 1. The predicted molar refractivity (Wildman–Crippen MR) is 63.0 cm³/mol. The second-order valence-corrected chi connectivity index (χ2v) is 3.50. The van der Waals surface area contributed by atoms with Gasteiger partial charge in [-0.3, -0.25) is 4.98 Å². The van der Waals surface area contributed by atoms with Crippen molar-refractivity contribution >= 4 is 5.69 Å². The van der Waals surface area contributed by atoms with Gasteiger partial charge in [-0.05, 0) is 12.1 Å². The van der Waals surface area contributed by atoms with Crippen LogP contribution >= 0.6 is 0 Å². The lowest BCUT2D eigenvalue weighted by molar-refractivity contribution is 0.431. The van der Waals surface area contributed by atoms with Crippen LogP contribution in [-0.2, 0) is 0 Å². The summed E-state index contributed by atoms with van der Waals surface area (Å²) in [6, 6.07) is 3.42. The summed E-state index contributed by atoms with van der Waals surface area (Å²) in [4.78, 5) is 16.2. The van der Waals surface area contributed by atoms with Crippen molar-refractivity contribution in [1.29, 1.82) is 0 Å². The van der Waals surface area contributed by atoms with Crippen molar-refractivity contribution in [1.82, 2.24) is 25.1 Å². The number of hydrogen-bond donors (Lipinski definition) is 1. The summed E-state index contributed by atoms with van der Waals surface area (Å²) in [6.07, 6.45) is 6.36. The Morgan fingerprint density at radius 1 is 1.06 bits per heavy atom. The van der Waals surface area contributed by atoms with E-state index in [0.717, 1.165) is 0 Å². The van der Waals surface area contributed by atoms with E-state index in [-0.39, 0.29) is 0 Å². The molecule has 3 rings (SSSR count). The van der Waals surface area contributed by atoms with Gasteiger partial charge in [0.05, 0.1) is 11.3 Å². The molecule has 3 heterocycles. The summed E-state index contributed by atoms with van der Waals surface area (Å²) >= 11 is 0. The molecule has 0 unspecified atom stereocenters. The zero-order valence-electron chi connectivity index (χ0n) is 9.19. The first-order chi connectivity index (χ1) is 8.83. The van der Waals surface area contributed by atoms with Gasteiger partial charge < -0.3 is 10.3 Å². The maximum Gasteiger partial charge on any atom is 0.259 e. The highest BCUT2D eigenvalue weighted by atomic mass is 16.5. The minimum atomic E-state index is 0.327. The van der Waals surface area contributed by atoms with E-state index in [1.807, 2.05) is 0 Å². The SMILES string of the molecule is Nc1cncc(-c2nc(-c3ncccn3)no2)c1. The van der Waals surface area contributed by atoms with Crippen molar-refractivity contribution in [3.05, 3.63) is 36.9 Å². The number of anilines is 1. The van der Waals surface area contributed by atoms with E-state index in [9.17, 15) is 0 Å². The second kappa shape index (κ2) is 4.21. The summed E-state index contributed by atoms with van der Waals surface area (Å²) in [5.74, 6) is 1.06. The Hall–Kier alpha value is -2.83. The van der Waals surface area contributed by atoms with Crippen LogP contribution in [0.25, 0.3) is 23.1 Å². The summed E-state index contributed by atoms with van der Waals surface area (Å²) in [5, 5.41) is 3.81. The Kier molecular flexibility index (Phi) is 2.41. The van der Waals surface area contributed by atoms with Gasteiger partial charge in [-0.25, -0.2) is 9.97 Å². The maximum atomic E-state index is 5.64.